The van der Waals surface area contributed by atoms with Crippen LogP contribution in [0.25, 0.3) is 0 Å². The van der Waals surface area contributed by atoms with Crippen LogP contribution in [0.2, 0.25) is 0 Å². The van der Waals surface area contributed by atoms with Gasteiger partial charge in [0.05, 0.1) is 13.2 Å². The fourth-order valence-electron chi connectivity index (χ4n) is 2.85. The minimum Gasteiger partial charge on any atom is -0.496 e. The van der Waals surface area contributed by atoms with Gasteiger partial charge in [-0.25, -0.2) is 0 Å². The Kier molecular flexibility index (Phi) is 3.88. The van der Waals surface area contributed by atoms with Crippen LogP contribution in [0.3, 0.4) is 0 Å². The second-order valence-corrected chi connectivity index (χ2v) is 6.26. The summed E-state index contributed by atoms with van der Waals surface area (Å²) in [6.45, 7) is 4.43. The minimum atomic E-state index is -0.0909. The molecular formula is C16H26N2O. The number of likely N-dealkylation sites (N-methyl/N-ethyl adjacent to an activating group) is 1. The Balaban J connectivity index is 2.47. The molecule has 3 nitrogen and oxygen atoms in total. The van der Waals surface area contributed by atoms with Gasteiger partial charge in [-0.05, 0) is 44.5 Å². The van der Waals surface area contributed by atoms with E-state index in [1.165, 1.54) is 11.1 Å². The third kappa shape index (κ3) is 2.77. The smallest absolute Gasteiger partial charge is 0.123 e. The topological polar surface area (TPSA) is 38.5 Å². The molecule has 0 heterocycles. The zero-order valence-corrected chi connectivity index (χ0v) is 12.7. The zero-order valence-electron chi connectivity index (χ0n) is 12.7. The van der Waals surface area contributed by atoms with Crippen molar-refractivity contribution in [3.05, 3.63) is 29.3 Å². The molecule has 1 unspecified atom stereocenters. The van der Waals surface area contributed by atoms with E-state index in [4.69, 9.17) is 10.5 Å². The Labute approximate surface area is 116 Å². The van der Waals surface area contributed by atoms with Gasteiger partial charge in [-0.15, -0.1) is 0 Å². The number of hydrogen-bond donors (Lipinski definition) is 1. The molecule has 1 aromatic carbocycles. The predicted molar refractivity (Wildman–Crippen MR) is 79.7 cm³/mol. The lowest BCUT2D eigenvalue weighted by Crippen LogP contribution is -2.39. The molecule has 1 fully saturated rings. The van der Waals surface area contributed by atoms with Gasteiger partial charge < -0.3 is 15.4 Å². The van der Waals surface area contributed by atoms with E-state index < -0.39 is 0 Å². The fourth-order valence-corrected chi connectivity index (χ4v) is 2.85. The van der Waals surface area contributed by atoms with Crippen LogP contribution in [-0.4, -0.2) is 31.6 Å². The highest BCUT2D eigenvalue weighted by Crippen LogP contribution is 2.48. The summed E-state index contributed by atoms with van der Waals surface area (Å²) in [6, 6.07) is 6.71. The van der Waals surface area contributed by atoms with Crippen LogP contribution >= 0.6 is 0 Å². The highest BCUT2D eigenvalue weighted by Gasteiger charge is 2.48. The van der Waals surface area contributed by atoms with Gasteiger partial charge in [-0.1, -0.05) is 26.0 Å². The van der Waals surface area contributed by atoms with E-state index in [2.05, 4.69) is 51.0 Å². The molecule has 0 aromatic heterocycles. The Morgan fingerprint density at radius 2 is 1.89 bits per heavy atom. The van der Waals surface area contributed by atoms with Crippen LogP contribution < -0.4 is 10.5 Å². The maximum atomic E-state index is 6.48. The summed E-state index contributed by atoms with van der Waals surface area (Å²) in [5.74, 6) is 1.46. The predicted octanol–water partition coefficient (Wildman–Crippen LogP) is 2.91. The quantitative estimate of drug-likeness (QED) is 0.886. The molecule has 0 radical (unpaired) electrons. The summed E-state index contributed by atoms with van der Waals surface area (Å²) in [4.78, 5) is 2.22. The number of benzene rings is 1. The van der Waals surface area contributed by atoms with E-state index in [-0.39, 0.29) is 11.6 Å². The first kappa shape index (κ1) is 14.4. The highest BCUT2D eigenvalue weighted by atomic mass is 16.5. The molecule has 106 valence electrons. The minimum absolute atomic E-state index is 0.0909. The zero-order chi connectivity index (χ0) is 14.2. The molecule has 2 rings (SSSR count). The van der Waals surface area contributed by atoms with Crippen molar-refractivity contribution in [1.82, 2.24) is 4.90 Å². The molecule has 1 aliphatic rings. The maximum absolute atomic E-state index is 6.48. The second-order valence-electron chi connectivity index (χ2n) is 6.26. The molecule has 1 aliphatic carbocycles. The van der Waals surface area contributed by atoms with E-state index >= 15 is 0 Å². The molecule has 1 aromatic rings. The molecule has 19 heavy (non-hydrogen) atoms. The fraction of sp³-hybridized carbons (Fsp3) is 0.625. The van der Waals surface area contributed by atoms with E-state index in [0.29, 0.717) is 5.92 Å². The largest absolute Gasteiger partial charge is 0.496 e. The average Bonchev–Trinajstić information content (AvgIpc) is 3.07. The first-order chi connectivity index (χ1) is 8.89. The molecule has 0 aliphatic heterocycles. The Morgan fingerprint density at radius 1 is 1.26 bits per heavy atom. The molecule has 0 bridgehead atoms. The summed E-state index contributed by atoms with van der Waals surface area (Å²) in [5, 5.41) is 0. The van der Waals surface area contributed by atoms with E-state index in [1.54, 1.807) is 7.11 Å². The van der Waals surface area contributed by atoms with Gasteiger partial charge in [-0.2, -0.15) is 0 Å². The second kappa shape index (κ2) is 5.14. The molecule has 0 amide bonds. The van der Waals surface area contributed by atoms with Crippen molar-refractivity contribution >= 4 is 0 Å². The molecule has 2 N–H and O–H groups in total. The normalized spacial score (nSPS) is 18.7. The van der Waals surface area contributed by atoms with Gasteiger partial charge in [0.1, 0.15) is 5.75 Å². The standard InChI is InChI=1S/C16H26N2O/c1-11(2)12-6-7-14(19-5)13(10-12)15(18(3)4)16(17)8-9-16/h6-7,10-11,15H,8-9,17H2,1-5H3. The van der Waals surface area contributed by atoms with Crippen LogP contribution in [-0.2, 0) is 0 Å². The Morgan fingerprint density at radius 3 is 2.32 bits per heavy atom. The van der Waals surface area contributed by atoms with Crippen LogP contribution in [0.4, 0.5) is 0 Å². The number of rotatable bonds is 5. The first-order valence-corrected chi connectivity index (χ1v) is 7.02. The van der Waals surface area contributed by atoms with Crippen molar-refractivity contribution in [3.8, 4) is 5.75 Å². The summed E-state index contributed by atoms with van der Waals surface area (Å²) < 4.78 is 5.55. The van der Waals surface area contributed by atoms with Crippen LogP contribution in [0, 0.1) is 0 Å². The van der Waals surface area contributed by atoms with Crippen LogP contribution in [0.5, 0.6) is 5.75 Å². The molecule has 3 heteroatoms. The lowest BCUT2D eigenvalue weighted by molar-refractivity contribution is 0.238. The average molecular weight is 262 g/mol. The van der Waals surface area contributed by atoms with Crippen molar-refractivity contribution in [2.24, 2.45) is 5.73 Å². The third-order valence-corrected chi connectivity index (χ3v) is 4.10. The number of hydrogen-bond acceptors (Lipinski definition) is 3. The van der Waals surface area contributed by atoms with Gasteiger partial charge in [0, 0.05) is 11.1 Å². The van der Waals surface area contributed by atoms with E-state index in [1.807, 2.05) is 0 Å². The maximum Gasteiger partial charge on any atom is 0.123 e. The Bertz CT molecular complexity index is 450. The monoisotopic (exact) mass is 262 g/mol. The lowest BCUT2D eigenvalue weighted by Gasteiger charge is -2.32. The van der Waals surface area contributed by atoms with E-state index in [0.717, 1.165) is 18.6 Å². The molecule has 1 saturated carbocycles. The lowest BCUT2D eigenvalue weighted by atomic mass is 9.91. The number of nitrogens with zero attached hydrogens (tertiary/aromatic N) is 1. The van der Waals surface area contributed by atoms with Gasteiger partial charge >= 0.3 is 0 Å². The number of nitrogens with two attached hydrogens (primary N) is 1. The molecule has 1 atom stereocenters. The van der Waals surface area contributed by atoms with Crippen LogP contribution in [0.15, 0.2) is 18.2 Å². The van der Waals surface area contributed by atoms with Crippen molar-refractivity contribution in [2.75, 3.05) is 21.2 Å². The van der Waals surface area contributed by atoms with Crippen molar-refractivity contribution < 1.29 is 4.74 Å². The van der Waals surface area contributed by atoms with Crippen LogP contribution in [0.1, 0.15) is 49.8 Å². The van der Waals surface area contributed by atoms with Gasteiger partial charge in [-0.3, -0.25) is 0 Å². The SMILES string of the molecule is COc1ccc(C(C)C)cc1C(N(C)C)C1(N)CC1. The summed E-state index contributed by atoms with van der Waals surface area (Å²) >= 11 is 0. The van der Waals surface area contributed by atoms with Crippen molar-refractivity contribution in [2.45, 2.75) is 44.2 Å². The molecule has 0 spiro atoms. The summed E-state index contributed by atoms with van der Waals surface area (Å²) in [5.41, 5.74) is 8.95. The van der Waals surface area contributed by atoms with Gasteiger partial charge in [0.2, 0.25) is 0 Å². The van der Waals surface area contributed by atoms with Crippen molar-refractivity contribution in [3.63, 3.8) is 0 Å². The first-order valence-electron chi connectivity index (χ1n) is 7.02. The van der Waals surface area contributed by atoms with Gasteiger partial charge in [0.25, 0.3) is 0 Å². The molecule has 0 saturated heterocycles. The summed E-state index contributed by atoms with van der Waals surface area (Å²) in [7, 11) is 5.93. The van der Waals surface area contributed by atoms with Gasteiger partial charge in [0.15, 0.2) is 0 Å². The summed E-state index contributed by atoms with van der Waals surface area (Å²) in [6.07, 6.45) is 2.18. The Hall–Kier alpha value is -1.06. The third-order valence-electron chi connectivity index (χ3n) is 4.10. The molecular weight excluding hydrogens is 236 g/mol. The number of methoxy groups -OCH3 is 1. The number of ether oxygens (including phenoxy) is 1. The van der Waals surface area contributed by atoms with Crippen molar-refractivity contribution in [1.29, 1.82) is 0 Å². The van der Waals surface area contributed by atoms with E-state index in [9.17, 15) is 0 Å². The highest BCUT2D eigenvalue weighted by molar-refractivity contribution is 5.43.